The van der Waals surface area contributed by atoms with Gasteiger partial charge in [-0.1, -0.05) is 0 Å². The van der Waals surface area contributed by atoms with Crippen molar-refractivity contribution in [1.29, 1.82) is 0 Å². The fourth-order valence-corrected chi connectivity index (χ4v) is 1.56. The average Bonchev–Trinajstić information content (AvgIpc) is 1.82. The predicted molar refractivity (Wildman–Crippen MR) is 41.6 cm³/mol. The molecule has 0 saturated carbocycles. The van der Waals surface area contributed by atoms with E-state index >= 15 is 0 Å². The fraction of sp³-hybridized carbons (Fsp3) is 1.00. The summed E-state index contributed by atoms with van der Waals surface area (Å²) in [5, 5.41) is 3.24. The molecule has 3 heteroatoms. The van der Waals surface area contributed by atoms with Gasteiger partial charge in [-0.25, -0.2) is 0 Å². The Kier molecular flexibility index (Phi) is 2.11. The summed E-state index contributed by atoms with van der Waals surface area (Å²) in [6.07, 6.45) is 2.10. The van der Waals surface area contributed by atoms with Crippen LogP contribution in [-0.2, 0) is 9.47 Å². The topological polar surface area (TPSA) is 30.5 Å². The summed E-state index contributed by atoms with van der Waals surface area (Å²) in [5.74, 6) is 0. The highest BCUT2D eigenvalue weighted by atomic mass is 16.5. The lowest BCUT2D eigenvalue weighted by molar-refractivity contribution is -0.116. The van der Waals surface area contributed by atoms with Gasteiger partial charge in [0.15, 0.2) is 0 Å². The largest absolute Gasteiger partial charge is 0.381 e. The summed E-state index contributed by atoms with van der Waals surface area (Å²) in [5.41, 5.74) is 0.139. The van der Waals surface area contributed by atoms with E-state index in [0.29, 0.717) is 0 Å². The standard InChI is InChI=1S/C8H15NO2/c1-3-10-5-2-8(11-4-1)6-9-7-8/h9H,1-7H2. The quantitative estimate of drug-likeness (QED) is 0.543. The van der Waals surface area contributed by atoms with Crippen molar-refractivity contribution >= 4 is 0 Å². The first-order valence-corrected chi connectivity index (χ1v) is 4.34. The third-order valence-corrected chi connectivity index (χ3v) is 2.44. The van der Waals surface area contributed by atoms with Gasteiger partial charge in [-0.05, 0) is 6.42 Å². The van der Waals surface area contributed by atoms with Gasteiger partial charge in [-0.2, -0.15) is 0 Å². The zero-order valence-corrected chi connectivity index (χ0v) is 6.77. The Morgan fingerprint density at radius 2 is 2.00 bits per heavy atom. The molecule has 2 aliphatic rings. The van der Waals surface area contributed by atoms with E-state index in [-0.39, 0.29) is 5.60 Å². The zero-order chi connectivity index (χ0) is 7.57. The summed E-state index contributed by atoms with van der Waals surface area (Å²) in [4.78, 5) is 0. The minimum atomic E-state index is 0.139. The van der Waals surface area contributed by atoms with E-state index in [2.05, 4.69) is 5.32 Å². The van der Waals surface area contributed by atoms with Crippen molar-refractivity contribution < 1.29 is 9.47 Å². The van der Waals surface area contributed by atoms with Gasteiger partial charge in [-0.15, -0.1) is 0 Å². The molecule has 0 aromatic heterocycles. The molecule has 0 bridgehead atoms. The van der Waals surface area contributed by atoms with Crippen LogP contribution in [0.5, 0.6) is 0 Å². The smallest absolute Gasteiger partial charge is 0.0951 e. The second-order valence-corrected chi connectivity index (χ2v) is 3.35. The van der Waals surface area contributed by atoms with Gasteiger partial charge in [0.1, 0.15) is 0 Å². The fourth-order valence-electron chi connectivity index (χ4n) is 1.56. The SMILES string of the molecule is C1COCCC2(CNC2)OC1. The van der Waals surface area contributed by atoms with Crippen LogP contribution in [0.3, 0.4) is 0 Å². The Hall–Kier alpha value is -0.120. The Labute approximate surface area is 67.1 Å². The molecule has 2 fully saturated rings. The number of rotatable bonds is 0. The van der Waals surface area contributed by atoms with Crippen LogP contribution in [0.4, 0.5) is 0 Å². The minimum Gasteiger partial charge on any atom is -0.381 e. The van der Waals surface area contributed by atoms with Crippen LogP contribution >= 0.6 is 0 Å². The predicted octanol–water partition coefficient (Wildman–Crippen LogP) is 0.155. The van der Waals surface area contributed by atoms with E-state index in [1.807, 2.05) is 0 Å². The lowest BCUT2D eigenvalue weighted by Gasteiger charge is -2.43. The molecule has 0 aromatic rings. The molecule has 0 aromatic carbocycles. The molecule has 0 radical (unpaired) electrons. The van der Waals surface area contributed by atoms with Gasteiger partial charge in [-0.3, -0.25) is 0 Å². The van der Waals surface area contributed by atoms with Crippen molar-refractivity contribution in [3.8, 4) is 0 Å². The second kappa shape index (κ2) is 3.09. The van der Waals surface area contributed by atoms with Crippen LogP contribution in [0.1, 0.15) is 12.8 Å². The van der Waals surface area contributed by atoms with Crippen molar-refractivity contribution in [2.75, 3.05) is 32.9 Å². The highest BCUT2D eigenvalue weighted by Crippen LogP contribution is 2.22. The Balaban J connectivity index is 1.86. The molecule has 2 aliphatic heterocycles. The van der Waals surface area contributed by atoms with Gasteiger partial charge in [0.2, 0.25) is 0 Å². The van der Waals surface area contributed by atoms with E-state index in [1.54, 1.807) is 0 Å². The molecule has 2 rings (SSSR count). The molecule has 2 saturated heterocycles. The van der Waals surface area contributed by atoms with Gasteiger partial charge >= 0.3 is 0 Å². The minimum absolute atomic E-state index is 0.139. The van der Waals surface area contributed by atoms with Crippen LogP contribution in [0.25, 0.3) is 0 Å². The normalized spacial score (nSPS) is 30.5. The third-order valence-electron chi connectivity index (χ3n) is 2.44. The van der Waals surface area contributed by atoms with Gasteiger partial charge < -0.3 is 14.8 Å². The maximum atomic E-state index is 5.76. The number of hydrogen-bond acceptors (Lipinski definition) is 3. The van der Waals surface area contributed by atoms with Crippen molar-refractivity contribution in [3.05, 3.63) is 0 Å². The maximum Gasteiger partial charge on any atom is 0.0951 e. The average molecular weight is 157 g/mol. The third kappa shape index (κ3) is 1.55. The molecular weight excluding hydrogens is 142 g/mol. The molecule has 0 amide bonds. The summed E-state index contributed by atoms with van der Waals surface area (Å²) in [6, 6.07) is 0. The summed E-state index contributed by atoms with van der Waals surface area (Å²) in [6.45, 7) is 4.61. The Morgan fingerprint density at radius 3 is 2.73 bits per heavy atom. The number of hydrogen-bond donors (Lipinski definition) is 1. The lowest BCUT2D eigenvalue weighted by atomic mass is 9.93. The zero-order valence-electron chi connectivity index (χ0n) is 6.77. The van der Waals surface area contributed by atoms with E-state index in [4.69, 9.17) is 9.47 Å². The van der Waals surface area contributed by atoms with E-state index in [9.17, 15) is 0 Å². The number of nitrogens with one attached hydrogen (secondary N) is 1. The molecule has 1 spiro atoms. The van der Waals surface area contributed by atoms with Gasteiger partial charge in [0, 0.05) is 39.3 Å². The highest BCUT2D eigenvalue weighted by molar-refractivity contribution is 4.94. The van der Waals surface area contributed by atoms with Crippen LogP contribution in [0, 0.1) is 0 Å². The van der Waals surface area contributed by atoms with Crippen molar-refractivity contribution in [3.63, 3.8) is 0 Å². The van der Waals surface area contributed by atoms with Crippen molar-refractivity contribution in [2.45, 2.75) is 18.4 Å². The first-order chi connectivity index (χ1) is 5.41. The molecule has 3 nitrogen and oxygen atoms in total. The van der Waals surface area contributed by atoms with Crippen LogP contribution in [0.2, 0.25) is 0 Å². The molecule has 0 aliphatic carbocycles. The molecule has 11 heavy (non-hydrogen) atoms. The number of ether oxygens (including phenoxy) is 2. The molecule has 2 heterocycles. The van der Waals surface area contributed by atoms with E-state index in [1.165, 1.54) is 0 Å². The van der Waals surface area contributed by atoms with Gasteiger partial charge in [0.25, 0.3) is 0 Å². The molecule has 0 atom stereocenters. The lowest BCUT2D eigenvalue weighted by Crippen LogP contribution is -2.62. The summed E-state index contributed by atoms with van der Waals surface area (Å²) in [7, 11) is 0. The van der Waals surface area contributed by atoms with Crippen molar-refractivity contribution in [2.24, 2.45) is 0 Å². The summed E-state index contributed by atoms with van der Waals surface area (Å²) < 4.78 is 11.2. The first kappa shape index (κ1) is 7.53. The molecule has 0 unspecified atom stereocenters. The molecule has 64 valence electrons. The summed E-state index contributed by atoms with van der Waals surface area (Å²) >= 11 is 0. The molecule has 1 N–H and O–H groups in total. The monoisotopic (exact) mass is 157 g/mol. The highest BCUT2D eigenvalue weighted by Gasteiger charge is 2.37. The Bertz CT molecular complexity index is 124. The van der Waals surface area contributed by atoms with E-state index in [0.717, 1.165) is 45.8 Å². The van der Waals surface area contributed by atoms with Crippen LogP contribution in [-0.4, -0.2) is 38.5 Å². The van der Waals surface area contributed by atoms with Gasteiger partial charge in [0.05, 0.1) is 5.60 Å². The van der Waals surface area contributed by atoms with Crippen LogP contribution < -0.4 is 5.32 Å². The van der Waals surface area contributed by atoms with Crippen LogP contribution in [0.15, 0.2) is 0 Å². The second-order valence-electron chi connectivity index (χ2n) is 3.35. The maximum absolute atomic E-state index is 5.76. The first-order valence-electron chi connectivity index (χ1n) is 4.34. The Morgan fingerprint density at radius 1 is 1.09 bits per heavy atom. The molecular formula is C8H15NO2. The van der Waals surface area contributed by atoms with Crippen molar-refractivity contribution in [1.82, 2.24) is 5.32 Å². The van der Waals surface area contributed by atoms with E-state index < -0.39 is 0 Å².